The summed E-state index contributed by atoms with van der Waals surface area (Å²) in [6.45, 7) is 0. The van der Waals surface area contributed by atoms with Gasteiger partial charge >= 0.3 is 11.9 Å². The molecule has 0 aromatic rings. The average Bonchev–Trinajstić information content (AvgIpc) is 2.14. The van der Waals surface area contributed by atoms with Gasteiger partial charge in [-0.25, -0.2) is 9.59 Å². The second kappa shape index (κ2) is 2.24. The van der Waals surface area contributed by atoms with Crippen LogP contribution in [0.4, 0.5) is 0 Å². The maximum Gasteiger partial charge on any atom is 0.374 e. The van der Waals surface area contributed by atoms with Crippen molar-refractivity contribution in [2.75, 3.05) is 0 Å². The fourth-order valence-electron chi connectivity index (χ4n) is 0.501. The molecule has 1 fully saturated rings. The molecule has 1 aliphatic rings. The summed E-state index contributed by atoms with van der Waals surface area (Å²) in [7, 11) is 0. The lowest BCUT2D eigenvalue weighted by molar-refractivity contribution is -0.262. The second-order valence-electron chi connectivity index (χ2n) is 1.70. The maximum absolute atomic E-state index is 10.2. The Hall–Kier alpha value is -1.14. The van der Waals surface area contributed by atoms with Crippen LogP contribution < -0.4 is 0 Å². The third-order valence-electron chi connectivity index (χ3n) is 1.01. The first-order valence-corrected chi connectivity index (χ1v) is 2.41. The Morgan fingerprint density at radius 3 is 2.40 bits per heavy atom. The molecule has 0 aromatic carbocycles. The molecule has 6 heteroatoms. The van der Waals surface area contributed by atoms with Crippen molar-refractivity contribution in [3.05, 3.63) is 0 Å². The van der Waals surface area contributed by atoms with Gasteiger partial charge in [-0.2, -0.15) is 4.89 Å². The fourth-order valence-corrected chi connectivity index (χ4v) is 0.501. The molecule has 0 spiro atoms. The van der Waals surface area contributed by atoms with Gasteiger partial charge in [-0.05, 0) is 0 Å². The van der Waals surface area contributed by atoms with E-state index in [4.69, 9.17) is 10.2 Å². The van der Waals surface area contributed by atoms with Gasteiger partial charge in [0.1, 0.15) is 0 Å². The molecule has 1 heterocycles. The smallest absolute Gasteiger partial charge is 0.374 e. The highest BCUT2D eigenvalue weighted by atomic mass is 17.2. The topological polar surface area (TPSA) is 93.1 Å². The van der Waals surface area contributed by atoms with E-state index in [1.165, 1.54) is 0 Å². The van der Waals surface area contributed by atoms with Crippen LogP contribution >= 0.6 is 0 Å². The maximum atomic E-state index is 10.2. The molecule has 0 radical (unpaired) electrons. The molecule has 6 nitrogen and oxygen atoms in total. The molecule has 0 unspecified atom stereocenters. The van der Waals surface area contributed by atoms with Crippen LogP contribution in [0.1, 0.15) is 0 Å². The normalized spacial score (nSPS) is 31.9. The molecule has 2 N–H and O–H groups in total. The minimum Gasteiger partial charge on any atom is -0.479 e. The van der Waals surface area contributed by atoms with E-state index in [2.05, 4.69) is 9.78 Å². The van der Waals surface area contributed by atoms with E-state index in [-0.39, 0.29) is 0 Å². The van der Waals surface area contributed by atoms with Gasteiger partial charge in [-0.1, -0.05) is 0 Å². The van der Waals surface area contributed by atoms with Gasteiger partial charge in [-0.3, -0.25) is 4.89 Å². The van der Waals surface area contributed by atoms with Crippen molar-refractivity contribution in [2.45, 2.75) is 12.2 Å². The van der Waals surface area contributed by atoms with Crippen LogP contribution in [0.5, 0.6) is 0 Å². The summed E-state index contributed by atoms with van der Waals surface area (Å²) in [5, 5.41) is 16.8. The van der Waals surface area contributed by atoms with Crippen molar-refractivity contribution in [1.29, 1.82) is 0 Å². The van der Waals surface area contributed by atoms with Gasteiger partial charge in [0.05, 0.1) is 0 Å². The number of hydrogen-bond donors (Lipinski definition) is 2. The molecule has 1 rings (SSSR count). The number of carbonyl (C=O) groups excluding carboxylic acids is 1. The summed E-state index contributed by atoms with van der Waals surface area (Å²) < 4.78 is 0. The van der Waals surface area contributed by atoms with E-state index in [1.807, 2.05) is 0 Å². The SMILES string of the molecule is O=C1OO[C@@H](C(=O)O)[C@H]1O. The average molecular weight is 148 g/mol. The molecule has 0 bridgehead atoms. The molecule has 1 saturated heterocycles. The lowest BCUT2D eigenvalue weighted by Crippen LogP contribution is -2.33. The van der Waals surface area contributed by atoms with E-state index < -0.39 is 24.1 Å². The van der Waals surface area contributed by atoms with Gasteiger partial charge in [0.15, 0.2) is 6.10 Å². The molecule has 0 amide bonds. The van der Waals surface area contributed by atoms with Gasteiger partial charge in [-0.15, -0.1) is 0 Å². The van der Waals surface area contributed by atoms with Crippen LogP contribution in [-0.4, -0.2) is 34.4 Å². The van der Waals surface area contributed by atoms with Crippen molar-refractivity contribution in [3.63, 3.8) is 0 Å². The van der Waals surface area contributed by atoms with Gasteiger partial charge in [0.2, 0.25) is 6.10 Å². The third kappa shape index (κ3) is 0.937. The zero-order valence-corrected chi connectivity index (χ0v) is 4.68. The zero-order valence-electron chi connectivity index (χ0n) is 4.68. The monoisotopic (exact) mass is 148 g/mol. The van der Waals surface area contributed by atoms with Crippen LogP contribution in [0.2, 0.25) is 0 Å². The molecule has 56 valence electrons. The van der Waals surface area contributed by atoms with Crippen LogP contribution in [0.3, 0.4) is 0 Å². The van der Waals surface area contributed by atoms with E-state index in [0.717, 1.165) is 0 Å². The Labute approximate surface area is 54.9 Å². The number of carboxylic acid groups (broad SMARTS) is 1. The number of hydrogen-bond acceptors (Lipinski definition) is 5. The molecule has 0 aromatic heterocycles. The summed E-state index contributed by atoms with van der Waals surface area (Å²) in [5.41, 5.74) is 0. The van der Waals surface area contributed by atoms with E-state index in [1.54, 1.807) is 0 Å². The molecular formula is C4H4O6. The predicted octanol–water partition coefficient (Wildman–Crippen LogP) is -1.71. The first kappa shape index (κ1) is 6.97. The lowest BCUT2D eigenvalue weighted by atomic mass is 10.2. The first-order valence-electron chi connectivity index (χ1n) is 2.41. The molecule has 10 heavy (non-hydrogen) atoms. The zero-order chi connectivity index (χ0) is 7.72. The van der Waals surface area contributed by atoms with Crippen molar-refractivity contribution in [1.82, 2.24) is 0 Å². The van der Waals surface area contributed by atoms with E-state index >= 15 is 0 Å². The standard InChI is InChI=1S/C4H4O6/c5-1-2(3(6)7)9-10-4(1)8/h1-2,5H,(H,6,7)/t1-,2-/m1/s1. The summed E-state index contributed by atoms with van der Waals surface area (Å²) in [6.07, 6.45) is -3.30. The fraction of sp³-hybridized carbons (Fsp3) is 0.500. The Bertz CT molecular complexity index is 175. The Morgan fingerprint density at radius 2 is 2.20 bits per heavy atom. The first-order chi connectivity index (χ1) is 4.63. The number of aliphatic carboxylic acids is 1. The summed E-state index contributed by atoms with van der Waals surface area (Å²) in [5.74, 6) is -2.51. The van der Waals surface area contributed by atoms with Crippen LogP contribution in [0, 0.1) is 0 Å². The molecule has 0 aliphatic carbocycles. The molecule has 1 aliphatic heterocycles. The number of carbonyl (C=O) groups is 2. The van der Waals surface area contributed by atoms with Crippen LogP contribution in [-0.2, 0) is 19.4 Å². The summed E-state index contributed by atoms with van der Waals surface area (Å²) in [4.78, 5) is 28.0. The number of aliphatic hydroxyl groups excluding tert-OH is 1. The Morgan fingerprint density at radius 1 is 1.60 bits per heavy atom. The van der Waals surface area contributed by atoms with Crippen molar-refractivity contribution >= 4 is 11.9 Å². The Balaban J connectivity index is 2.66. The van der Waals surface area contributed by atoms with Gasteiger partial charge < -0.3 is 10.2 Å². The highest BCUT2D eigenvalue weighted by Crippen LogP contribution is 2.11. The lowest BCUT2D eigenvalue weighted by Gasteiger charge is -1.99. The predicted molar refractivity (Wildman–Crippen MR) is 24.6 cm³/mol. The van der Waals surface area contributed by atoms with Crippen molar-refractivity contribution < 1.29 is 29.6 Å². The Kier molecular flexibility index (Phi) is 1.56. The van der Waals surface area contributed by atoms with Gasteiger partial charge in [0, 0.05) is 0 Å². The largest absolute Gasteiger partial charge is 0.479 e. The second-order valence-corrected chi connectivity index (χ2v) is 1.70. The highest BCUT2D eigenvalue weighted by Gasteiger charge is 2.42. The van der Waals surface area contributed by atoms with E-state index in [0.29, 0.717) is 0 Å². The van der Waals surface area contributed by atoms with Crippen LogP contribution in [0.25, 0.3) is 0 Å². The highest BCUT2D eigenvalue weighted by molar-refractivity contribution is 5.85. The minimum absolute atomic E-state index is 1.08. The third-order valence-corrected chi connectivity index (χ3v) is 1.01. The van der Waals surface area contributed by atoms with Gasteiger partial charge in [0.25, 0.3) is 0 Å². The summed E-state index contributed by atoms with van der Waals surface area (Å²) >= 11 is 0. The molecule has 2 atom stereocenters. The van der Waals surface area contributed by atoms with Crippen molar-refractivity contribution in [3.8, 4) is 0 Å². The summed E-state index contributed by atoms with van der Waals surface area (Å²) in [6, 6.07) is 0. The molecular weight excluding hydrogens is 144 g/mol. The van der Waals surface area contributed by atoms with Crippen LogP contribution in [0.15, 0.2) is 0 Å². The number of rotatable bonds is 1. The molecule has 0 saturated carbocycles. The minimum atomic E-state index is -1.71. The van der Waals surface area contributed by atoms with E-state index in [9.17, 15) is 9.59 Å². The number of aliphatic hydroxyl groups is 1. The quantitative estimate of drug-likeness (QED) is 0.430. The van der Waals surface area contributed by atoms with Crippen molar-refractivity contribution in [2.24, 2.45) is 0 Å². The number of carboxylic acids is 1.